The summed E-state index contributed by atoms with van der Waals surface area (Å²) in [7, 11) is 0. The van der Waals surface area contributed by atoms with Crippen LogP contribution in [0.3, 0.4) is 0 Å². The third kappa shape index (κ3) is 4.23. The molecule has 0 atom stereocenters. The molecule has 0 saturated carbocycles. The number of ether oxygens (including phenoxy) is 1. The Morgan fingerprint density at radius 1 is 1.08 bits per heavy atom. The van der Waals surface area contributed by atoms with Crippen LogP contribution in [0.15, 0.2) is 69.8 Å². The molecule has 122 valence electrons. The number of rotatable bonds is 5. The third-order valence-electron chi connectivity index (χ3n) is 3.20. The molecule has 0 aliphatic rings. The fourth-order valence-corrected chi connectivity index (χ4v) is 2.37. The first-order chi connectivity index (χ1) is 11.6. The lowest BCUT2D eigenvalue weighted by Crippen LogP contribution is -2.22. The van der Waals surface area contributed by atoms with Crippen molar-refractivity contribution in [1.29, 1.82) is 0 Å². The van der Waals surface area contributed by atoms with Crippen molar-refractivity contribution in [2.75, 3.05) is 0 Å². The van der Waals surface area contributed by atoms with E-state index in [4.69, 9.17) is 9.15 Å². The molecule has 0 fully saturated rings. The van der Waals surface area contributed by atoms with Gasteiger partial charge in [0.25, 0.3) is 5.91 Å². The van der Waals surface area contributed by atoms with E-state index in [0.717, 1.165) is 5.56 Å². The second-order valence-electron chi connectivity index (χ2n) is 4.99. The van der Waals surface area contributed by atoms with Gasteiger partial charge in [-0.3, -0.25) is 4.79 Å². The summed E-state index contributed by atoms with van der Waals surface area (Å²) in [5.74, 6) is 0.765. The Balaban J connectivity index is 1.62. The maximum absolute atomic E-state index is 12.9. The topological polar surface area (TPSA) is 51.5 Å². The molecule has 4 nitrogen and oxygen atoms in total. The van der Waals surface area contributed by atoms with Crippen LogP contribution in [-0.4, -0.2) is 5.91 Å². The summed E-state index contributed by atoms with van der Waals surface area (Å²) in [5, 5.41) is 2.77. The van der Waals surface area contributed by atoms with E-state index in [-0.39, 0.29) is 17.5 Å². The van der Waals surface area contributed by atoms with Gasteiger partial charge in [-0.05, 0) is 70.0 Å². The zero-order chi connectivity index (χ0) is 16.9. The minimum absolute atomic E-state index is 0.237. The maximum atomic E-state index is 12.9. The summed E-state index contributed by atoms with van der Waals surface area (Å²) in [6.07, 6.45) is 0. The van der Waals surface area contributed by atoms with Crippen molar-refractivity contribution in [2.45, 2.75) is 6.54 Å². The van der Waals surface area contributed by atoms with E-state index in [1.165, 1.54) is 12.1 Å². The van der Waals surface area contributed by atoms with Crippen LogP contribution in [0.1, 0.15) is 16.1 Å². The number of amides is 1. The van der Waals surface area contributed by atoms with E-state index in [2.05, 4.69) is 21.2 Å². The average molecular weight is 390 g/mol. The highest BCUT2D eigenvalue weighted by Gasteiger charge is 2.10. The first-order valence-electron chi connectivity index (χ1n) is 7.16. The summed E-state index contributed by atoms with van der Waals surface area (Å²) in [6, 6.07) is 16.3. The highest BCUT2D eigenvalue weighted by atomic mass is 79.9. The molecule has 6 heteroatoms. The van der Waals surface area contributed by atoms with Gasteiger partial charge in [0.15, 0.2) is 10.4 Å². The minimum atomic E-state index is -0.316. The Morgan fingerprint density at radius 3 is 2.58 bits per heavy atom. The van der Waals surface area contributed by atoms with Crippen molar-refractivity contribution >= 4 is 21.8 Å². The summed E-state index contributed by atoms with van der Waals surface area (Å²) >= 11 is 3.16. The van der Waals surface area contributed by atoms with Crippen LogP contribution in [0, 0.1) is 5.82 Å². The highest BCUT2D eigenvalue weighted by Crippen LogP contribution is 2.22. The predicted octanol–water partition coefficient (Wildman–Crippen LogP) is 4.90. The first-order valence-corrected chi connectivity index (χ1v) is 7.95. The molecule has 0 aliphatic carbocycles. The summed E-state index contributed by atoms with van der Waals surface area (Å²) < 4.78 is 24.3. The van der Waals surface area contributed by atoms with Crippen molar-refractivity contribution in [3.8, 4) is 11.5 Å². The van der Waals surface area contributed by atoms with Crippen LogP contribution in [0.2, 0.25) is 0 Å². The van der Waals surface area contributed by atoms with Gasteiger partial charge < -0.3 is 14.5 Å². The third-order valence-corrected chi connectivity index (χ3v) is 3.62. The number of carbonyl (C=O) groups is 1. The van der Waals surface area contributed by atoms with Gasteiger partial charge in [-0.1, -0.05) is 12.1 Å². The van der Waals surface area contributed by atoms with Crippen LogP contribution in [0.4, 0.5) is 4.39 Å². The van der Waals surface area contributed by atoms with Crippen molar-refractivity contribution in [1.82, 2.24) is 5.32 Å². The van der Waals surface area contributed by atoms with E-state index in [9.17, 15) is 9.18 Å². The molecule has 1 heterocycles. The largest absolute Gasteiger partial charge is 0.457 e. The lowest BCUT2D eigenvalue weighted by molar-refractivity contribution is 0.0922. The zero-order valence-electron chi connectivity index (χ0n) is 12.5. The number of furan rings is 1. The molecule has 0 aliphatic heterocycles. The molecule has 0 radical (unpaired) electrons. The maximum Gasteiger partial charge on any atom is 0.287 e. The Labute approximate surface area is 146 Å². The monoisotopic (exact) mass is 389 g/mol. The molecule has 0 spiro atoms. The predicted molar refractivity (Wildman–Crippen MR) is 90.5 cm³/mol. The van der Waals surface area contributed by atoms with E-state index in [1.807, 2.05) is 18.2 Å². The van der Waals surface area contributed by atoms with Gasteiger partial charge >= 0.3 is 0 Å². The molecule has 3 rings (SSSR count). The number of nitrogens with one attached hydrogen (secondary N) is 1. The lowest BCUT2D eigenvalue weighted by Gasteiger charge is -2.08. The number of benzene rings is 2. The molecule has 1 N–H and O–H groups in total. The summed E-state index contributed by atoms with van der Waals surface area (Å²) in [6.45, 7) is 0.331. The van der Waals surface area contributed by atoms with E-state index in [0.29, 0.717) is 22.7 Å². The fourth-order valence-electron chi connectivity index (χ4n) is 2.06. The lowest BCUT2D eigenvalue weighted by atomic mass is 10.2. The molecular weight excluding hydrogens is 377 g/mol. The van der Waals surface area contributed by atoms with Crippen LogP contribution in [0.25, 0.3) is 0 Å². The number of carbonyl (C=O) groups excluding carboxylic acids is 1. The Hall–Kier alpha value is -2.60. The van der Waals surface area contributed by atoms with Gasteiger partial charge in [-0.15, -0.1) is 0 Å². The van der Waals surface area contributed by atoms with Crippen LogP contribution in [0.5, 0.6) is 11.5 Å². The second kappa shape index (κ2) is 7.31. The molecule has 2 aromatic carbocycles. The van der Waals surface area contributed by atoms with Gasteiger partial charge in [0.1, 0.15) is 17.3 Å². The van der Waals surface area contributed by atoms with Crippen molar-refractivity contribution in [2.24, 2.45) is 0 Å². The zero-order valence-corrected chi connectivity index (χ0v) is 14.0. The average Bonchev–Trinajstić information content (AvgIpc) is 3.02. The van der Waals surface area contributed by atoms with Gasteiger partial charge in [0.05, 0.1) is 0 Å². The number of hydrogen-bond acceptors (Lipinski definition) is 3. The van der Waals surface area contributed by atoms with E-state index >= 15 is 0 Å². The van der Waals surface area contributed by atoms with Gasteiger partial charge in [-0.25, -0.2) is 4.39 Å². The van der Waals surface area contributed by atoms with Crippen LogP contribution < -0.4 is 10.1 Å². The van der Waals surface area contributed by atoms with E-state index < -0.39 is 0 Å². The van der Waals surface area contributed by atoms with Crippen molar-refractivity contribution in [3.63, 3.8) is 0 Å². The molecule has 24 heavy (non-hydrogen) atoms. The van der Waals surface area contributed by atoms with E-state index in [1.54, 1.807) is 30.3 Å². The van der Waals surface area contributed by atoms with Gasteiger partial charge in [-0.2, -0.15) is 0 Å². The fraction of sp³-hybridized carbons (Fsp3) is 0.0556. The first kappa shape index (κ1) is 16.3. The summed E-state index contributed by atoms with van der Waals surface area (Å²) in [4.78, 5) is 11.9. The quantitative estimate of drug-likeness (QED) is 0.674. The van der Waals surface area contributed by atoms with Gasteiger partial charge in [0.2, 0.25) is 0 Å². The standard InChI is InChI=1S/C18H13BrFNO3/c19-17-9-8-16(24-17)18(22)21-11-12-2-1-3-15(10-12)23-14-6-4-13(20)5-7-14/h1-10H,11H2,(H,21,22). The SMILES string of the molecule is O=C(NCc1cccc(Oc2ccc(F)cc2)c1)c1ccc(Br)o1. The van der Waals surface area contributed by atoms with Crippen molar-refractivity contribution in [3.05, 3.63) is 82.5 Å². The number of hydrogen-bond donors (Lipinski definition) is 1. The Kier molecular flexibility index (Phi) is 4.96. The summed E-state index contributed by atoms with van der Waals surface area (Å²) in [5.41, 5.74) is 0.869. The molecule has 1 aromatic heterocycles. The second-order valence-corrected chi connectivity index (χ2v) is 5.77. The van der Waals surface area contributed by atoms with Crippen LogP contribution in [-0.2, 0) is 6.54 Å². The molecule has 0 bridgehead atoms. The molecule has 0 unspecified atom stereocenters. The number of halogens is 2. The molecular formula is C18H13BrFNO3. The Morgan fingerprint density at radius 2 is 1.88 bits per heavy atom. The van der Waals surface area contributed by atoms with Crippen LogP contribution >= 0.6 is 15.9 Å². The smallest absolute Gasteiger partial charge is 0.287 e. The molecule has 3 aromatic rings. The minimum Gasteiger partial charge on any atom is -0.457 e. The molecule has 1 amide bonds. The van der Waals surface area contributed by atoms with Crippen molar-refractivity contribution < 1.29 is 18.3 Å². The normalized spacial score (nSPS) is 10.4. The van der Waals surface area contributed by atoms with Gasteiger partial charge in [0, 0.05) is 6.54 Å². The molecule has 0 saturated heterocycles. The Bertz CT molecular complexity index is 845. The highest BCUT2D eigenvalue weighted by molar-refractivity contribution is 9.10.